The second-order valence-electron chi connectivity index (χ2n) is 11.9. The molecular formula is C35H40N4O6. The quantitative estimate of drug-likeness (QED) is 0.197. The normalized spacial score (nSPS) is 13.1. The van der Waals surface area contributed by atoms with Crippen LogP contribution in [0, 0.1) is 11.3 Å². The highest BCUT2D eigenvalue weighted by atomic mass is 16.2. The Labute approximate surface area is 263 Å². The Morgan fingerprint density at radius 3 is 1.98 bits per heavy atom. The minimum Gasteiger partial charge on any atom is -0.369 e. The molecule has 1 aromatic heterocycles. The predicted molar refractivity (Wildman–Crippen MR) is 168 cm³/mol. The second-order valence-corrected chi connectivity index (χ2v) is 11.9. The molecule has 0 radical (unpaired) electrons. The molecule has 0 spiro atoms. The lowest BCUT2D eigenvalue weighted by Gasteiger charge is -2.24. The molecule has 3 amide bonds. The van der Waals surface area contributed by atoms with Gasteiger partial charge in [0.1, 0.15) is 5.78 Å². The Morgan fingerprint density at radius 2 is 1.40 bits per heavy atom. The molecule has 3 atom stereocenters. The number of primary amides is 1. The molecule has 3 aromatic rings. The lowest BCUT2D eigenvalue weighted by Crippen LogP contribution is -2.52. The minimum absolute atomic E-state index is 0.0774. The third-order valence-corrected chi connectivity index (χ3v) is 7.53. The molecule has 4 N–H and O–H groups in total. The van der Waals surface area contributed by atoms with Gasteiger partial charge >= 0.3 is 0 Å². The Balaban J connectivity index is 1.71. The summed E-state index contributed by atoms with van der Waals surface area (Å²) in [6.07, 6.45) is 3.33. The number of hydrogen-bond acceptors (Lipinski definition) is 7. The number of pyridine rings is 1. The molecule has 2 aromatic carbocycles. The number of nitrogens with two attached hydrogens (primary N) is 1. The van der Waals surface area contributed by atoms with Crippen molar-refractivity contribution in [3.63, 3.8) is 0 Å². The van der Waals surface area contributed by atoms with Gasteiger partial charge in [0.25, 0.3) is 5.91 Å². The fraction of sp³-hybridized carbons (Fsp3) is 0.343. The highest BCUT2D eigenvalue weighted by Crippen LogP contribution is 2.22. The standard InChI is InChI=1S/C35H40N4O6/c1-23(31(42)33(44)39-29(19-25-13-8-5-9-14-25)30(41)21-35(2,3)34(36)45)38-32(43)27(17-26-15-10-16-37-22-26)20-28(40)18-24-11-6-4-7-12-24/h4-16,22-23,27,29H,17-21H2,1-3H3,(H2,36,45)(H,38,43)(H,39,44). The maximum absolute atomic E-state index is 13.4. The number of carbonyl (C=O) groups excluding carboxylic acids is 6. The average Bonchev–Trinajstić information content (AvgIpc) is 3.01. The molecule has 0 aliphatic heterocycles. The Hall–Kier alpha value is -4.99. The van der Waals surface area contributed by atoms with E-state index in [4.69, 9.17) is 5.73 Å². The summed E-state index contributed by atoms with van der Waals surface area (Å²) in [6.45, 7) is 4.44. The SMILES string of the molecule is CC(NC(=O)C(CC(=O)Cc1ccccc1)Cc1cccnc1)C(=O)C(=O)NC(Cc1ccccc1)C(=O)CC(C)(C)C(N)=O. The number of carbonyl (C=O) groups is 6. The van der Waals surface area contributed by atoms with Crippen LogP contribution in [0.2, 0.25) is 0 Å². The fourth-order valence-corrected chi connectivity index (χ4v) is 4.80. The number of ketones is 3. The minimum atomic E-state index is -1.24. The van der Waals surface area contributed by atoms with Crippen molar-refractivity contribution in [2.24, 2.45) is 17.1 Å². The smallest absolute Gasteiger partial charge is 0.290 e. The molecule has 0 saturated carbocycles. The number of nitrogens with zero attached hydrogens (tertiary/aromatic N) is 1. The van der Waals surface area contributed by atoms with Crippen LogP contribution in [0.1, 0.15) is 50.3 Å². The van der Waals surface area contributed by atoms with Gasteiger partial charge in [0.05, 0.1) is 17.5 Å². The fourth-order valence-electron chi connectivity index (χ4n) is 4.80. The van der Waals surface area contributed by atoms with Crippen molar-refractivity contribution < 1.29 is 28.8 Å². The highest BCUT2D eigenvalue weighted by molar-refractivity contribution is 6.38. The lowest BCUT2D eigenvalue weighted by molar-refractivity contribution is -0.141. The third-order valence-electron chi connectivity index (χ3n) is 7.53. The number of nitrogens with one attached hydrogen (secondary N) is 2. The zero-order chi connectivity index (χ0) is 33.0. The maximum atomic E-state index is 13.4. The van der Waals surface area contributed by atoms with Gasteiger partial charge in [-0.3, -0.25) is 33.8 Å². The van der Waals surface area contributed by atoms with E-state index in [1.54, 1.807) is 54.9 Å². The van der Waals surface area contributed by atoms with Crippen molar-refractivity contribution in [3.05, 3.63) is 102 Å². The predicted octanol–water partition coefficient (Wildman–Crippen LogP) is 2.71. The first-order chi connectivity index (χ1) is 21.4. The second kappa shape index (κ2) is 16.2. The van der Waals surface area contributed by atoms with Crippen LogP contribution in [-0.4, -0.2) is 52.1 Å². The van der Waals surface area contributed by atoms with Crippen LogP contribution in [-0.2, 0) is 48.0 Å². The summed E-state index contributed by atoms with van der Waals surface area (Å²) >= 11 is 0. The van der Waals surface area contributed by atoms with Crippen LogP contribution in [0.25, 0.3) is 0 Å². The van der Waals surface area contributed by atoms with E-state index in [0.29, 0.717) is 0 Å². The van der Waals surface area contributed by atoms with E-state index in [1.165, 1.54) is 20.8 Å². The molecule has 0 bridgehead atoms. The number of hydrogen-bond donors (Lipinski definition) is 3. The van der Waals surface area contributed by atoms with Crippen molar-refractivity contribution in [1.29, 1.82) is 0 Å². The van der Waals surface area contributed by atoms with Crippen LogP contribution in [0.4, 0.5) is 0 Å². The molecule has 10 nitrogen and oxygen atoms in total. The van der Waals surface area contributed by atoms with Crippen LogP contribution < -0.4 is 16.4 Å². The van der Waals surface area contributed by atoms with E-state index in [2.05, 4.69) is 15.6 Å². The van der Waals surface area contributed by atoms with Gasteiger partial charge in [0, 0.05) is 37.6 Å². The maximum Gasteiger partial charge on any atom is 0.290 e. The van der Waals surface area contributed by atoms with Gasteiger partial charge < -0.3 is 16.4 Å². The summed E-state index contributed by atoms with van der Waals surface area (Å²) in [7, 11) is 0. The van der Waals surface area contributed by atoms with E-state index >= 15 is 0 Å². The van der Waals surface area contributed by atoms with E-state index < -0.39 is 52.7 Å². The van der Waals surface area contributed by atoms with Gasteiger partial charge in [-0.1, -0.05) is 80.6 Å². The molecule has 0 fully saturated rings. The van der Waals surface area contributed by atoms with Crippen molar-refractivity contribution in [1.82, 2.24) is 15.6 Å². The molecular weight excluding hydrogens is 572 g/mol. The molecule has 45 heavy (non-hydrogen) atoms. The molecule has 10 heteroatoms. The number of amides is 3. The van der Waals surface area contributed by atoms with E-state index in [0.717, 1.165) is 16.7 Å². The number of Topliss-reactive ketones (excluding diaryl/α,β-unsaturated/α-hetero) is 3. The number of benzene rings is 2. The Morgan fingerprint density at radius 1 is 0.800 bits per heavy atom. The average molecular weight is 613 g/mol. The monoisotopic (exact) mass is 612 g/mol. The summed E-state index contributed by atoms with van der Waals surface area (Å²) in [6, 6.07) is 19.3. The number of rotatable bonds is 17. The number of aromatic nitrogens is 1. The summed E-state index contributed by atoms with van der Waals surface area (Å²) in [5, 5.41) is 5.09. The Bertz CT molecular complexity index is 1490. The molecule has 0 aliphatic rings. The molecule has 3 rings (SSSR count). The van der Waals surface area contributed by atoms with Crippen LogP contribution >= 0.6 is 0 Å². The Kier molecular flexibility index (Phi) is 12.4. The molecule has 0 saturated heterocycles. The summed E-state index contributed by atoms with van der Waals surface area (Å²) in [4.78, 5) is 81.7. The van der Waals surface area contributed by atoms with Gasteiger partial charge in [0.2, 0.25) is 17.6 Å². The molecule has 0 aliphatic carbocycles. The highest BCUT2D eigenvalue weighted by Gasteiger charge is 2.34. The van der Waals surface area contributed by atoms with Crippen molar-refractivity contribution in [2.75, 3.05) is 0 Å². The zero-order valence-electron chi connectivity index (χ0n) is 25.8. The van der Waals surface area contributed by atoms with Crippen molar-refractivity contribution in [3.8, 4) is 0 Å². The molecule has 3 unspecified atom stereocenters. The largest absolute Gasteiger partial charge is 0.369 e. The van der Waals surface area contributed by atoms with Gasteiger partial charge in [-0.25, -0.2) is 0 Å². The van der Waals surface area contributed by atoms with E-state index in [9.17, 15) is 28.8 Å². The van der Waals surface area contributed by atoms with Crippen LogP contribution in [0.15, 0.2) is 85.2 Å². The van der Waals surface area contributed by atoms with E-state index in [-0.39, 0.29) is 37.9 Å². The van der Waals surface area contributed by atoms with Gasteiger partial charge in [-0.2, -0.15) is 0 Å². The molecule has 1 heterocycles. The van der Waals surface area contributed by atoms with E-state index in [1.807, 2.05) is 30.3 Å². The van der Waals surface area contributed by atoms with Crippen LogP contribution in [0.5, 0.6) is 0 Å². The topological polar surface area (TPSA) is 165 Å². The van der Waals surface area contributed by atoms with Gasteiger partial charge in [-0.15, -0.1) is 0 Å². The first-order valence-electron chi connectivity index (χ1n) is 14.8. The van der Waals surface area contributed by atoms with Crippen molar-refractivity contribution in [2.45, 2.75) is 65.0 Å². The summed E-state index contributed by atoms with van der Waals surface area (Å²) in [5.74, 6) is -4.67. The van der Waals surface area contributed by atoms with Crippen molar-refractivity contribution >= 4 is 35.1 Å². The van der Waals surface area contributed by atoms with Crippen LogP contribution in [0.3, 0.4) is 0 Å². The van der Waals surface area contributed by atoms with Gasteiger partial charge in [-0.05, 0) is 42.5 Å². The first-order valence-corrected chi connectivity index (χ1v) is 14.8. The lowest BCUT2D eigenvalue weighted by atomic mass is 9.84. The van der Waals surface area contributed by atoms with Gasteiger partial charge in [0.15, 0.2) is 5.78 Å². The first kappa shape index (κ1) is 34.5. The third kappa shape index (κ3) is 10.9. The molecule has 236 valence electrons. The summed E-state index contributed by atoms with van der Waals surface area (Å²) < 4.78 is 0. The summed E-state index contributed by atoms with van der Waals surface area (Å²) in [5.41, 5.74) is 6.58. The zero-order valence-corrected chi connectivity index (χ0v) is 25.8.